The zero-order valence-electron chi connectivity index (χ0n) is 26.7. The molecule has 0 spiro atoms. The number of aliphatic carboxylic acids is 1. The van der Waals surface area contributed by atoms with Crippen LogP contribution in [0.5, 0.6) is 11.8 Å². The number of fused-ring (bicyclic) bond motifs is 1. The van der Waals surface area contributed by atoms with Crippen LogP contribution in [-0.4, -0.2) is 53.5 Å². The number of methoxy groups -OCH3 is 2. The Morgan fingerprint density at radius 3 is 2.28 bits per heavy atom. The zero-order valence-corrected chi connectivity index (χ0v) is 27.4. The van der Waals surface area contributed by atoms with Gasteiger partial charge in [-0.05, 0) is 76.6 Å². The lowest BCUT2D eigenvalue weighted by molar-refractivity contribution is -0.137. The Morgan fingerprint density at radius 2 is 1.62 bits per heavy atom. The monoisotopic (exact) mass is 655 g/mol. The summed E-state index contributed by atoms with van der Waals surface area (Å²) in [5.74, 6) is -1.02. The number of pyridine rings is 1. The molecule has 2 atom stereocenters. The van der Waals surface area contributed by atoms with Gasteiger partial charge in [-0.3, -0.25) is 14.4 Å². The molecule has 0 fully saturated rings. The second-order valence-electron chi connectivity index (χ2n) is 11.5. The Kier molecular flexibility index (Phi) is 10.8. The van der Waals surface area contributed by atoms with E-state index in [1.807, 2.05) is 53.4 Å². The van der Waals surface area contributed by atoms with Gasteiger partial charge in [0.15, 0.2) is 0 Å². The molecule has 3 aromatic carbocycles. The van der Waals surface area contributed by atoms with Crippen LogP contribution in [0.4, 0.5) is 0 Å². The van der Waals surface area contributed by atoms with Crippen molar-refractivity contribution < 1.29 is 29.0 Å². The van der Waals surface area contributed by atoms with Gasteiger partial charge in [0.2, 0.25) is 17.7 Å². The van der Waals surface area contributed by atoms with Crippen molar-refractivity contribution in [2.75, 3.05) is 20.8 Å². The van der Waals surface area contributed by atoms with Crippen LogP contribution in [0.15, 0.2) is 78.9 Å². The van der Waals surface area contributed by atoms with Gasteiger partial charge in [0.05, 0.1) is 26.6 Å². The molecule has 1 aliphatic rings. The lowest BCUT2D eigenvalue weighted by Gasteiger charge is -2.31. The molecule has 1 aromatic heterocycles. The molecule has 2 amide bonds. The molecule has 4 aromatic rings. The summed E-state index contributed by atoms with van der Waals surface area (Å²) in [6.45, 7) is 3.10. The van der Waals surface area contributed by atoms with Crippen LogP contribution in [0.3, 0.4) is 0 Å². The summed E-state index contributed by atoms with van der Waals surface area (Å²) < 4.78 is 10.8. The van der Waals surface area contributed by atoms with Gasteiger partial charge in [-0.25, -0.2) is 0 Å². The molecule has 2 unspecified atom stereocenters. The third-order valence-corrected chi connectivity index (χ3v) is 8.76. The fourth-order valence-electron chi connectivity index (χ4n) is 6.15. The maximum Gasteiger partial charge on any atom is 0.305 e. The average Bonchev–Trinajstić information content (AvgIpc) is 3.52. The van der Waals surface area contributed by atoms with Gasteiger partial charge in [0.1, 0.15) is 0 Å². The van der Waals surface area contributed by atoms with Crippen molar-refractivity contribution in [2.24, 2.45) is 0 Å². The minimum Gasteiger partial charge on any atom is -0.481 e. The highest BCUT2D eigenvalue weighted by Gasteiger charge is 2.36. The summed E-state index contributed by atoms with van der Waals surface area (Å²) in [7, 11) is 3.14. The predicted molar refractivity (Wildman–Crippen MR) is 180 cm³/mol. The number of carbonyl (C=O) groups excluding carboxylic acids is 2. The molecule has 5 rings (SSSR count). The quantitative estimate of drug-likeness (QED) is 0.162. The van der Waals surface area contributed by atoms with E-state index in [0.29, 0.717) is 35.4 Å². The highest BCUT2D eigenvalue weighted by atomic mass is 35.5. The number of halogens is 1. The number of carbonyl (C=O) groups is 3. The molecule has 0 saturated carbocycles. The maximum atomic E-state index is 14.6. The largest absolute Gasteiger partial charge is 0.481 e. The van der Waals surface area contributed by atoms with Gasteiger partial charge in [0, 0.05) is 41.9 Å². The van der Waals surface area contributed by atoms with E-state index < -0.39 is 11.9 Å². The third kappa shape index (κ3) is 7.74. The van der Waals surface area contributed by atoms with Crippen molar-refractivity contribution >= 4 is 29.4 Å². The average molecular weight is 656 g/mol. The normalized spacial score (nSPS) is 13.4. The molecule has 9 nitrogen and oxygen atoms in total. The number of hydrogen-bond acceptors (Lipinski definition) is 6. The fourth-order valence-corrected chi connectivity index (χ4v) is 6.27. The van der Waals surface area contributed by atoms with Crippen molar-refractivity contribution in [1.82, 2.24) is 15.2 Å². The van der Waals surface area contributed by atoms with Crippen LogP contribution in [0.1, 0.15) is 70.6 Å². The van der Waals surface area contributed by atoms with Crippen molar-refractivity contribution in [3.63, 3.8) is 0 Å². The molecule has 2 heterocycles. The number of aromatic nitrogens is 1. The molecule has 10 heteroatoms. The number of hydrogen-bond donors (Lipinski definition) is 2. The molecule has 0 saturated heterocycles. The number of benzene rings is 3. The molecule has 244 valence electrons. The van der Waals surface area contributed by atoms with E-state index in [9.17, 15) is 14.4 Å². The molecule has 1 aliphatic heterocycles. The first-order valence-electron chi connectivity index (χ1n) is 15.6. The SMILES string of the molecule is CCCC(c1ccc(C(=O)NCCC(=O)O)cc1)C(C(=O)N1Cc2ccc(-c3ccc(OC)nc3OC)cc2C1)c1ccc(Cl)cc1. The standard InChI is InChI=1S/C37H38ClN3O6/c1-4-5-30(23-6-8-25(9-7-23)35(44)39-19-18-33(42)43)34(24-12-14-29(38)15-13-24)37(45)41-21-27-11-10-26(20-28(27)22-41)31-16-17-32(46-2)40-36(31)47-3/h6-17,20,30,34H,4-5,18-19,21-22H2,1-3H3,(H,39,44)(H,42,43). The molecule has 0 radical (unpaired) electrons. The Labute approximate surface area is 279 Å². The Balaban J connectivity index is 1.42. The molecule has 47 heavy (non-hydrogen) atoms. The summed E-state index contributed by atoms with van der Waals surface area (Å²) in [4.78, 5) is 44.4. The number of carboxylic acids is 1. The van der Waals surface area contributed by atoms with Crippen LogP contribution in [0.2, 0.25) is 5.02 Å². The van der Waals surface area contributed by atoms with E-state index in [0.717, 1.165) is 46.2 Å². The van der Waals surface area contributed by atoms with Crippen molar-refractivity contribution in [1.29, 1.82) is 0 Å². The van der Waals surface area contributed by atoms with Crippen LogP contribution in [-0.2, 0) is 22.7 Å². The molecular formula is C37H38ClN3O6. The van der Waals surface area contributed by atoms with E-state index in [4.69, 9.17) is 26.2 Å². The molecule has 0 aliphatic carbocycles. The number of amides is 2. The van der Waals surface area contributed by atoms with Crippen LogP contribution in [0.25, 0.3) is 11.1 Å². The summed E-state index contributed by atoms with van der Waals surface area (Å²) >= 11 is 6.26. The van der Waals surface area contributed by atoms with Crippen molar-refractivity contribution in [2.45, 2.75) is 51.1 Å². The van der Waals surface area contributed by atoms with Gasteiger partial charge in [-0.2, -0.15) is 4.98 Å². The number of nitrogens with zero attached hydrogens (tertiary/aromatic N) is 2. The zero-order chi connectivity index (χ0) is 33.5. The van der Waals surface area contributed by atoms with Crippen molar-refractivity contribution in [3.8, 4) is 22.9 Å². The van der Waals surface area contributed by atoms with E-state index >= 15 is 0 Å². The summed E-state index contributed by atoms with van der Waals surface area (Å²) in [6.07, 6.45) is 1.45. The summed E-state index contributed by atoms with van der Waals surface area (Å²) in [5.41, 5.74) is 6.17. The Bertz CT molecular complexity index is 1740. The van der Waals surface area contributed by atoms with E-state index in [-0.39, 0.29) is 30.7 Å². The smallest absolute Gasteiger partial charge is 0.305 e. The summed E-state index contributed by atoms with van der Waals surface area (Å²) in [5, 5.41) is 12.1. The van der Waals surface area contributed by atoms with Crippen molar-refractivity contribution in [3.05, 3.63) is 112 Å². The molecule has 0 bridgehead atoms. The van der Waals surface area contributed by atoms with E-state index in [1.165, 1.54) is 0 Å². The predicted octanol–water partition coefficient (Wildman–Crippen LogP) is 6.83. The van der Waals surface area contributed by atoms with E-state index in [2.05, 4.69) is 29.4 Å². The van der Waals surface area contributed by atoms with Crippen LogP contribution < -0.4 is 14.8 Å². The van der Waals surface area contributed by atoms with Gasteiger partial charge in [0.25, 0.3) is 5.91 Å². The van der Waals surface area contributed by atoms with Crippen LogP contribution >= 0.6 is 11.6 Å². The number of nitrogens with one attached hydrogen (secondary N) is 1. The minimum atomic E-state index is -0.975. The fraction of sp³-hybridized carbons (Fsp3) is 0.297. The molecule has 2 N–H and O–H groups in total. The summed E-state index contributed by atoms with van der Waals surface area (Å²) in [6, 6.07) is 24.6. The highest BCUT2D eigenvalue weighted by molar-refractivity contribution is 6.30. The van der Waals surface area contributed by atoms with Gasteiger partial charge in [-0.1, -0.05) is 61.3 Å². The van der Waals surface area contributed by atoms with E-state index in [1.54, 1.807) is 32.4 Å². The highest BCUT2D eigenvalue weighted by Crippen LogP contribution is 2.41. The topological polar surface area (TPSA) is 118 Å². The van der Waals surface area contributed by atoms with Gasteiger partial charge < -0.3 is 24.8 Å². The Morgan fingerprint density at radius 1 is 0.915 bits per heavy atom. The first kappa shape index (κ1) is 33.5. The third-order valence-electron chi connectivity index (χ3n) is 8.51. The second-order valence-corrected chi connectivity index (χ2v) is 12.0. The number of ether oxygens (including phenoxy) is 2. The Hall–Kier alpha value is -4.89. The lowest BCUT2D eigenvalue weighted by Crippen LogP contribution is -2.34. The van der Waals surface area contributed by atoms with Gasteiger partial charge >= 0.3 is 5.97 Å². The minimum absolute atomic E-state index is 0.0164. The van der Waals surface area contributed by atoms with Crippen LogP contribution in [0, 0.1) is 0 Å². The number of carboxylic acid groups (broad SMARTS) is 1. The second kappa shape index (κ2) is 15.1. The molecular weight excluding hydrogens is 618 g/mol. The first-order chi connectivity index (χ1) is 22.7. The van der Waals surface area contributed by atoms with Gasteiger partial charge in [-0.15, -0.1) is 0 Å². The maximum absolute atomic E-state index is 14.6. The number of rotatable bonds is 13. The lowest BCUT2D eigenvalue weighted by atomic mass is 9.77. The first-order valence-corrected chi connectivity index (χ1v) is 16.0.